The average molecular weight is 190 g/mol. The Bertz CT molecular complexity index is 401. The van der Waals surface area contributed by atoms with E-state index in [1.165, 1.54) is 18.1 Å². The first-order valence-corrected chi connectivity index (χ1v) is 4.93. The molecule has 3 heteroatoms. The smallest absolute Gasteiger partial charge is 0.346 e. The normalized spacial score (nSPS) is 30.0. The van der Waals surface area contributed by atoms with Gasteiger partial charge in [0.2, 0.25) is 0 Å². The molecule has 0 saturated heterocycles. The highest BCUT2D eigenvalue weighted by atomic mass is 16.6. The second-order valence-corrected chi connectivity index (χ2v) is 4.16. The number of carbonyl (C=O) groups is 2. The third-order valence-corrected chi connectivity index (χ3v) is 3.31. The van der Waals surface area contributed by atoms with Crippen molar-refractivity contribution in [3.63, 3.8) is 0 Å². The molecular weight excluding hydrogens is 180 g/mol. The van der Waals surface area contributed by atoms with Crippen molar-refractivity contribution in [1.29, 1.82) is 0 Å². The number of cyclic esters (lactones) is 2. The van der Waals surface area contributed by atoms with Gasteiger partial charge in [0.1, 0.15) is 0 Å². The van der Waals surface area contributed by atoms with Gasteiger partial charge in [-0.2, -0.15) is 0 Å². The third kappa shape index (κ3) is 0.983. The number of ether oxygens (including phenoxy) is 1. The van der Waals surface area contributed by atoms with Crippen LogP contribution in [0.2, 0.25) is 0 Å². The third-order valence-electron chi connectivity index (χ3n) is 3.31. The summed E-state index contributed by atoms with van der Waals surface area (Å²) in [4.78, 5) is 22.2. The molecule has 3 aliphatic rings. The molecular formula is C11H10O3. The zero-order valence-corrected chi connectivity index (χ0v) is 7.71. The maximum Gasteiger partial charge on any atom is 0.346 e. The van der Waals surface area contributed by atoms with Gasteiger partial charge in [-0.05, 0) is 37.2 Å². The Morgan fingerprint density at radius 2 is 2.14 bits per heavy atom. The van der Waals surface area contributed by atoms with Crippen LogP contribution in [0.3, 0.4) is 0 Å². The first-order valence-electron chi connectivity index (χ1n) is 4.93. The van der Waals surface area contributed by atoms with Gasteiger partial charge in [0.05, 0.1) is 5.57 Å². The minimum absolute atomic E-state index is 0.454. The van der Waals surface area contributed by atoms with Crippen LogP contribution in [-0.4, -0.2) is 11.9 Å². The lowest BCUT2D eigenvalue weighted by Crippen LogP contribution is -2.05. The van der Waals surface area contributed by atoms with Crippen molar-refractivity contribution in [2.75, 3.05) is 0 Å². The number of hydrogen-bond acceptors (Lipinski definition) is 3. The van der Waals surface area contributed by atoms with Crippen LogP contribution in [-0.2, 0) is 14.3 Å². The molecule has 0 spiro atoms. The molecule has 1 unspecified atom stereocenters. The monoisotopic (exact) mass is 190 g/mol. The summed E-state index contributed by atoms with van der Waals surface area (Å²) in [7, 11) is 0. The molecule has 0 amide bonds. The average Bonchev–Trinajstić information content (AvgIpc) is 2.79. The molecule has 2 bridgehead atoms. The van der Waals surface area contributed by atoms with Gasteiger partial charge in [-0.25, -0.2) is 9.59 Å². The summed E-state index contributed by atoms with van der Waals surface area (Å²) in [6.45, 7) is 0. The molecule has 1 saturated carbocycles. The lowest BCUT2D eigenvalue weighted by molar-refractivity contribution is -0.150. The van der Waals surface area contributed by atoms with Gasteiger partial charge in [-0.3, -0.25) is 0 Å². The summed E-state index contributed by atoms with van der Waals surface area (Å²) < 4.78 is 4.49. The van der Waals surface area contributed by atoms with Crippen molar-refractivity contribution < 1.29 is 14.3 Å². The molecule has 3 rings (SSSR count). The molecule has 72 valence electrons. The van der Waals surface area contributed by atoms with Crippen LogP contribution in [0, 0.1) is 5.92 Å². The van der Waals surface area contributed by atoms with E-state index in [0.29, 0.717) is 11.5 Å². The molecule has 1 atom stereocenters. The van der Waals surface area contributed by atoms with E-state index in [1.54, 1.807) is 0 Å². The van der Waals surface area contributed by atoms with Crippen molar-refractivity contribution in [2.45, 2.75) is 25.7 Å². The molecule has 14 heavy (non-hydrogen) atoms. The Balaban J connectivity index is 2.01. The van der Waals surface area contributed by atoms with Crippen molar-refractivity contribution in [3.8, 4) is 0 Å². The Labute approximate surface area is 81.4 Å². The van der Waals surface area contributed by atoms with E-state index in [-0.39, 0.29) is 0 Å². The summed E-state index contributed by atoms with van der Waals surface area (Å²) >= 11 is 0. The fraction of sp³-hybridized carbons (Fsp3) is 0.455. The van der Waals surface area contributed by atoms with E-state index in [4.69, 9.17) is 0 Å². The predicted molar refractivity (Wildman–Crippen MR) is 48.2 cm³/mol. The van der Waals surface area contributed by atoms with Crippen LogP contribution in [0.5, 0.6) is 0 Å². The van der Waals surface area contributed by atoms with Crippen molar-refractivity contribution in [1.82, 2.24) is 0 Å². The summed E-state index contributed by atoms with van der Waals surface area (Å²) in [6, 6.07) is 0. The molecule has 3 nitrogen and oxygen atoms in total. The number of hydrogen-bond donors (Lipinski definition) is 0. The van der Waals surface area contributed by atoms with Crippen LogP contribution in [0.25, 0.3) is 0 Å². The lowest BCUT2D eigenvalue weighted by atomic mass is 9.94. The maximum atomic E-state index is 11.3. The zero-order chi connectivity index (χ0) is 9.71. The largest absolute Gasteiger partial charge is 0.386 e. The van der Waals surface area contributed by atoms with Gasteiger partial charge in [0, 0.05) is 6.08 Å². The SMILES string of the molecule is O=C1C=C(C2=C3CCC(C3)C2)C(=O)O1. The number of rotatable bonds is 1. The molecule has 0 aromatic rings. The number of fused-ring (bicyclic) bond motifs is 2. The second kappa shape index (κ2) is 2.56. The summed E-state index contributed by atoms with van der Waals surface area (Å²) in [5.41, 5.74) is 2.98. The summed E-state index contributed by atoms with van der Waals surface area (Å²) in [5, 5.41) is 0. The molecule has 1 aliphatic heterocycles. The highest BCUT2D eigenvalue weighted by molar-refractivity contribution is 6.11. The topological polar surface area (TPSA) is 43.4 Å². The van der Waals surface area contributed by atoms with Crippen LogP contribution in [0.4, 0.5) is 0 Å². The van der Waals surface area contributed by atoms with Gasteiger partial charge < -0.3 is 4.74 Å². The van der Waals surface area contributed by atoms with E-state index in [9.17, 15) is 9.59 Å². The highest BCUT2D eigenvalue weighted by Crippen LogP contribution is 2.47. The van der Waals surface area contributed by atoms with Gasteiger partial charge in [0.15, 0.2) is 0 Å². The molecule has 1 heterocycles. The number of esters is 2. The fourth-order valence-electron chi connectivity index (χ4n) is 2.68. The van der Waals surface area contributed by atoms with Crippen molar-refractivity contribution in [3.05, 3.63) is 22.8 Å². The van der Waals surface area contributed by atoms with Crippen molar-refractivity contribution >= 4 is 11.9 Å². The van der Waals surface area contributed by atoms with Crippen LogP contribution in [0.15, 0.2) is 22.8 Å². The summed E-state index contributed by atoms with van der Waals surface area (Å²) in [5.74, 6) is -0.254. The minimum Gasteiger partial charge on any atom is -0.386 e. The van der Waals surface area contributed by atoms with Crippen LogP contribution in [0.1, 0.15) is 25.7 Å². The second-order valence-electron chi connectivity index (χ2n) is 4.16. The highest BCUT2D eigenvalue weighted by Gasteiger charge is 2.36. The fourth-order valence-corrected chi connectivity index (χ4v) is 2.68. The number of carbonyl (C=O) groups excluding carboxylic acids is 2. The minimum atomic E-state index is -0.513. The zero-order valence-electron chi connectivity index (χ0n) is 7.71. The molecule has 0 radical (unpaired) electrons. The van der Waals surface area contributed by atoms with E-state index >= 15 is 0 Å². The van der Waals surface area contributed by atoms with Gasteiger partial charge in [-0.15, -0.1) is 0 Å². The summed E-state index contributed by atoms with van der Waals surface area (Å²) in [6.07, 6.45) is 5.76. The molecule has 0 N–H and O–H groups in total. The van der Waals surface area contributed by atoms with E-state index < -0.39 is 11.9 Å². The first-order chi connectivity index (χ1) is 6.74. The maximum absolute atomic E-state index is 11.3. The first kappa shape index (κ1) is 7.97. The van der Waals surface area contributed by atoms with Crippen LogP contribution >= 0.6 is 0 Å². The van der Waals surface area contributed by atoms with E-state index in [1.807, 2.05) is 0 Å². The van der Waals surface area contributed by atoms with Crippen LogP contribution < -0.4 is 0 Å². The lowest BCUT2D eigenvalue weighted by Gasteiger charge is -2.10. The van der Waals surface area contributed by atoms with E-state index in [2.05, 4.69) is 4.74 Å². The Hall–Kier alpha value is -1.38. The Kier molecular flexibility index (Phi) is 1.46. The van der Waals surface area contributed by atoms with Crippen molar-refractivity contribution in [2.24, 2.45) is 5.92 Å². The molecule has 1 fully saturated rings. The van der Waals surface area contributed by atoms with Gasteiger partial charge in [0.25, 0.3) is 0 Å². The quantitative estimate of drug-likeness (QED) is 0.465. The Morgan fingerprint density at radius 1 is 1.29 bits per heavy atom. The standard InChI is InChI=1S/C11H10O3/c12-10-5-9(11(13)14-10)8-4-6-1-2-7(8)3-6/h5-6H,1-4H2. The molecule has 0 aromatic carbocycles. The van der Waals surface area contributed by atoms with Gasteiger partial charge >= 0.3 is 11.9 Å². The van der Waals surface area contributed by atoms with Gasteiger partial charge in [-0.1, -0.05) is 5.57 Å². The predicted octanol–water partition coefficient (Wildman–Crippen LogP) is 1.50. The molecule has 2 aliphatic carbocycles. The Morgan fingerprint density at radius 3 is 2.64 bits per heavy atom. The number of allylic oxidation sites excluding steroid dienone is 1. The van der Waals surface area contributed by atoms with E-state index in [0.717, 1.165) is 24.8 Å². The molecule has 0 aromatic heterocycles.